The van der Waals surface area contributed by atoms with Gasteiger partial charge in [-0.25, -0.2) is 19.9 Å². The molecule has 0 aliphatic heterocycles. The zero-order chi connectivity index (χ0) is 15.2. The molecule has 2 rings (SSSR count). The van der Waals surface area contributed by atoms with Crippen molar-refractivity contribution in [2.45, 2.75) is 33.6 Å². The summed E-state index contributed by atoms with van der Waals surface area (Å²) in [5.74, 6) is 2.44. The first-order chi connectivity index (χ1) is 10.1. The SMILES string of the molecule is CCCNc1nc(-c2ncccn2)nc(CC(C)C)c1Br. The normalized spacial score (nSPS) is 10.9. The molecule has 0 fully saturated rings. The number of anilines is 1. The fourth-order valence-corrected chi connectivity index (χ4v) is 2.37. The molecule has 0 spiro atoms. The Hall–Kier alpha value is -1.56. The molecule has 112 valence electrons. The van der Waals surface area contributed by atoms with Gasteiger partial charge >= 0.3 is 0 Å². The zero-order valence-corrected chi connectivity index (χ0v) is 14.2. The monoisotopic (exact) mass is 349 g/mol. The summed E-state index contributed by atoms with van der Waals surface area (Å²) in [6.07, 6.45) is 5.32. The molecule has 0 radical (unpaired) electrons. The van der Waals surface area contributed by atoms with Gasteiger partial charge in [0.2, 0.25) is 0 Å². The molecular formula is C15H20BrN5. The van der Waals surface area contributed by atoms with Crippen molar-refractivity contribution in [2.24, 2.45) is 5.92 Å². The van der Waals surface area contributed by atoms with Crippen LogP contribution in [-0.2, 0) is 6.42 Å². The highest BCUT2D eigenvalue weighted by atomic mass is 79.9. The first-order valence-electron chi connectivity index (χ1n) is 7.19. The lowest BCUT2D eigenvalue weighted by atomic mass is 10.1. The summed E-state index contributed by atoms with van der Waals surface area (Å²) in [6, 6.07) is 1.79. The number of halogens is 1. The van der Waals surface area contributed by atoms with E-state index in [1.165, 1.54) is 0 Å². The maximum atomic E-state index is 4.63. The summed E-state index contributed by atoms with van der Waals surface area (Å²) in [5.41, 5.74) is 0.987. The van der Waals surface area contributed by atoms with E-state index in [1.54, 1.807) is 18.5 Å². The molecule has 6 heteroatoms. The van der Waals surface area contributed by atoms with Gasteiger partial charge in [-0.2, -0.15) is 0 Å². The Morgan fingerprint density at radius 1 is 1.14 bits per heavy atom. The Morgan fingerprint density at radius 3 is 2.48 bits per heavy atom. The second-order valence-electron chi connectivity index (χ2n) is 5.25. The minimum atomic E-state index is 0.514. The van der Waals surface area contributed by atoms with Crippen LogP contribution in [0.25, 0.3) is 11.6 Å². The first kappa shape index (κ1) is 15.8. The van der Waals surface area contributed by atoms with Crippen molar-refractivity contribution in [1.29, 1.82) is 0 Å². The van der Waals surface area contributed by atoms with Crippen LogP contribution in [-0.4, -0.2) is 26.5 Å². The molecule has 2 aromatic rings. The lowest BCUT2D eigenvalue weighted by Gasteiger charge is -2.13. The number of nitrogens with zero attached hydrogens (tertiary/aromatic N) is 4. The smallest absolute Gasteiger partial charge is 0.200 e. The minimum Gasteiger partial charge on any atom is -0.369 e. The molecule has 0 aromatic carbocycles. The molecule has 0 aliphatic carbocycles. The average Bonchev–Trinajstić information content (AvgIpc) is 2.48. The molecule has 0 saturated carbocycles. The van der Waals surface area contributed by atoms with Gasteiger partial charge < -0.3 is 5.32 Å². The van der Waals surface area contributed by atoms with E-state index in [-0.39, 0.29) is 0 Å². The van der Waals surface area contributed by atoms with Gasteiger partial charge in [-0.1, -0.05) is 20.8 Å². The van der Waals surface area contributed by atoms with E-state index >= 15 is 0 Å². The molecule has 2 aromatic heterocycles. The van der Waals surface area contributed by atoms with E-state index in [0.717, 1.165) is 35.4 Å². The molecule has 2 heterocycles. The van der Waals surface area contributed by atoms with E-state index in [9.17, 15) is 0 Å². The van der Waals surface area contributed by atoms with E-state index in [2.05, 4.69) is 62.0 Å². The molecule has 21 heavy (non-hydrogen) atoms. The summed E-state index contributed by atoms with van der Waals surface area (Å²) in [4.78, 5) is 17.7. The van der Waals surface area contributed by atoms with Crippen molar-refractivity contribution < 1.29 is 0 Å². The van der Waals surface area contributed by atoms with Crippen molar-refractivity contribution in [3.05, 3.63) is 28.6 Å². The lowest BCUT2D eigenvalue weighted by Crippen LogP contribution is -2.09. The number of nitrogens with one attached hydrogen (secondary N) is 1. The van der Waals surface area contributed by atoms with Crippen molar-refractivity contribution in [1.82, 2.24) is 19.9 Å². The third-order valence-corrected chi connectivity index (χ3v) is 3.66. The highest BCUT2D eigenvalue weighted by Crippen LogP contribution is 2.27. The standard InChI is InChI=1S/C15H20BrN5/c1-4-6-17-13-12(16)11(9-10(2)3)20-15(21-13)14-18-7-5-8-19-14/h5,7-8,10H,4,6,9H2,1-3H3,(H,17,20,21). The fraction of sp³-hybridized carbons (Fsp3) is 0.467. The van der Waals surface area contributed by atoms with E-state index in [4.69, 9.17) is 0 Å². The van der Waals surface area contributed by atoms with Crippen LogP contribution in [0.1, 0.15) is 32.9 Å². The van der Waals surface area contributed by atoms with Gasteiger partial charge in [0.1, 0.15) is 5.82 Å². The first-order valence-corrected chi connectivity index (χ1v) is 7.98. The molecule has 0 bridgehead atoms. The van der Waals surface area contributed by atoms with Crippen LogP contribution in [0.2, 0.25) is 0 Å². The summed E-state index contributed by atoms with van der Waals surface area (Å²) >= 11 is 3.62. The van der Waals surface area contributed by atoms with Crippen molar-refractivity contribution in [3.8, 4) is 11.6 Å². The molecule has 0 aliphatic rings. The van der Waals surface area contributed by atoms with Crippen LogP contribution >= 0.6 is 15.9 Å². The average molecular weight is 350 g/mol. The van der Waals surface area contributed by atoms with Crippen LogP contribution in [0.15, 0.2) is 22.9 Å². The third-order valence-electron chi connectivity index (χ3n) is 2.83. The fourth-order valence-electron chi connectivity index (χ4n) is 1.89. The Bertz CT molecular complexity index is 586. The summed E-state index contributed by atoms with van der Waals surface area (Å²) in [7, 11) is 0. The number of hydrogen-bond acceptors (Lipinski definition) is 5. The van der Waals surface area contributed by atoms with Crippen LogP contribution in [0, 0.1) is 5.92 Å². The number of hydrogen-bond donors (Lipinski definition) is 1. The summed E-state index contributed by atoms with van der Waals surface area (Å²) < 4.78 is 0.935. The van der Waals surface area contributed by atoms with Crippen LogP contribution in [0.3, 0.4) is 0 Å². The van der Waals surface area contributed by atoms with Gasteiger partial charge in [0.05, 0.1) is 10.2 Å². The second kappa shape index (κ2) is 7.45. The highest BCUT2D eigenvalue weighted by molar-refractivity contribution is 9.10. The van der Waals surface area contributed by atoms with Crippen LogP contribution in [0.4, 0.5) is 5.82 Å². The zero-order valence-electron chi connectivity index (χ0n) is 12.6. The quantitative estimate of drug-likeness (QED) is 0.860. The molecule has 0 atom stereocenters. The molecule has 0 amide bonds. The predicted molar refractivity (Wildman–Crippen MR) is 88.1 cm³/mol. The maximum absolute atomic E-state index is 4.63. The van der Waals surface area contributed by atoms with Gasteiger partial charge in [0, 0.05) is 18.9 Å². The molecule has 1 N–H and O–H groups in total. The van der Waals surface area contributed by atoms with Gasteiger partial charge in [0.15, 0.2) is 11.6 Å². The van der Waals surface area contributed by atoms with E-state index < -0.39 is 0 Å². The van der Waals surface area contributed by atoms with Crippen LogP contribution in [0.5, 0.6) is 0 Å². The van der Waals surface area contributed by atoms with Gasteiger partial charge in [-0.15, -0.1) is 0 Å². The second-order valence-corrected chi connectivity index (χ2v) is 6.05. The topological polar surface area (TPSA) is 63.6 Å². The number of rotatable bonds is 6. The third kappa shape index (κ3) is 4.20. The van der Waals surface area contributed by atoms with Crippen molar-refractivity contribution in [2.75, 3.05) is 11.9 Å². The van der Waals surface area contributed by atoms with E-state index in [0.29, 0.717) is 17.6 Å². The Balaban J connectivity index is 2.45. The lowest BCUT2D eigenvalue weighted by molar-refractivity contribution is 0.632. The van der Waals surface area contributed by atoms with Gasteiger partial charge in [0.25, 0.3) is 0 Å². The molecule has 5 nitrogen and oxygen atoms in total. The minimum absolute atomic E-state index is 0.514. The molecular weight excluding hydrogens is 330 g/mol. The molecule has 0 unspecified atom stereocenters. The Labute approximate surface area is 133 Å². The Morgan fingerprint density at radius 2 is 1.86 bits per heavy atom. The van der Waals surface area contributed by atoms with Gasteiger partial charge in [-0.3, -0.25) is 0 Å². The van der Waals surface area contributed by atoms with Crippen LogP contribution < -0.4 is 5.32 Å². The summed E-state index contributed by atoms with van der Waals surface area (Å²) in [5, 5.41) is 3.33. The summed E-state index contributed by atoms with van der Waals surface area (Å²) in [6.45, 7) is 7.34. The van der Waals surface area contributed by atoms with E-state index in [1.807, 2.05) is 0 Å². The number of aromatic nitrogens is 4. The highest BCUT2D eigenvalue weighted by Gasteiger charge is 2.15. The largest absolute Gasteiger partial charge is 0.369 e. The van der Waals surface area contributed by atoms with Crippen molar-refractivity contribution >= 4 is 21.7 Å². The van der Waals surface area contributed by atoms with Crippen molar-refractivity contribution in [3.63, 3.8) is 0 Å². The predicted octanol–water partition coefficient (Wildman–Crippen LogP) is 3.72. The maximum Gasteiger partial charge on any atom is 0.200 e. The molecule has 0 saturated heterocycles. The Kier molecular flexibility index (Phi) is 5.61. The van der Waals surface area contributed by atoms with Gasteiger partial charge in [-0.05, 0) is 40.8 Å².